The molecule has 0 saturated heterocycles. The summed E-state index contributed by atoms with van der Waals surface area (Å²) in [7, 11) is 0. The molecule has 1 aliphatic rings. The van der Waals surface area contributed by atoms with Crippen LogP contribution < -0.4 is 4.90 Å². The van der Waals surface area contributed by atoms with Gasteiger partial charge in [-0.15, -0.1) is 0 Å². The van der Waals surface area contributed by atoms with Crippen molar-refractivity contribution >= 4 is 50.0 Å². The lowest BCUT2D eigenvalue weighted by atomic mass is 9.73. The minimum atomic E-state index is -0.160. The van der Waals surface area contributed by atoms with Gasteiger partial charge in [0.15, 0.2) is 5.58 Å². The Bertz CT molecular complexity index is 2360. The van der Waals surface area contributed by atoms with E-state index in [1.807, 2.05) is 30.3 Å². The van der Waals surface area contributed by atoms with Crippen molar-refractivity contribution in [2.75, 3.05) is 4.90 Å². The lowest BCUT2D eigenvalue weighted by Crippen LogP contribution is -2.30. The highest BCUT2D eigenvalue weighted by molar-refractivity contribution is 6.12. The molecule has 0 spiro atoms. The van der Waals surface area contributed by atoms with E-state index in [9.17, 15) is 0 Å². The van der Waals surface area contributed by atoms with Crippen molar-refractivity contribution in [1.29, 1.82) is 0 Å². The second kappa shape index (κ2) is 9.19. The number of hydrogen-bond donors (Lipinski definition) is 1. The highest BCUT2D eigenvalue weighted by atomic mass is 16.3. The van der Waals surface area contributed by atoms with Crippen molar-refractivity contribution in [3.63, 3.8) is 0 Å². The predicted molar refractivity (Wildman–Crippen MR) is 181 cm³/mol. The first-order chi connectivity index (χ1) is 21.5. The Labute approximate surface area is 255 Å². The van der Waals surface area contributed by atoms with Crippen LogP contribution in [0.25, 0.3) is 55.5 Å². The first-order valence-electron chi connectivity index (χ1n) is 15.1. The highest BCUT2D eigenvalue weighted by Crippen LogP contribution is 2.52. The zero-order valence-electron chi connectivity index (χ0n) is 24.5. The van der Waals surface area contributed by atoms with E-state index >= 15 is 0 Å². The fraction of sp³-hybridized carbons (Fsp3) is 0.0750. The lowest BCUT2D eigenvalue weighted by Gasteiger charge is -2.42. The number of para-hydroxylation sites is 2. The van der Waals surface area contributed by atoms with Crippen molar-refractivity contribution in [3.05, 3.63) is 145 Å². The third-order valence-corrected chi connectivity index (χ3v) is 9.20. The largest absolute Gasteiger partial charge is 0.436 e. The molecule has 0 unspecified atom stereocenters. The molecule has 0 amide bonds. The van der Waals surface area contributed by atoms with Gasteiger partial charge in [0.2, 0.25) is 5.89 Å². The number of hydrogen-bond acceptors (Lipinski definition) is 3. The average molecular weight is 568 g/mol. The van der Waals surface area contributed by atoms with E-state index in [0.717, 1.165) is 33.1 Å². The van der Waals surface area contributed by atoms with E-state index in [4.69, 9.17) is 9.40 Å². The molecule has 0 radical (unpaired) electrons. The lowest BCUT2D eigenvalue weighted by molar-refractivity contribution is 0.620. The molecule has 9 rings (SSSR count). The summed E-state index contributed by atoms with van der Waals surface area (Å²) in [4.78, 5) is 10.8. The van der Waals surface area contributed by atoms with Crippen LogP contribution in [0.4, 0.5) is 17.1 Å². The Morgan fingerprint density at radius 1 is 0.591 bits per heavy atom. The van der Waals surface area contributed by atoms with Crippen LogP contribution in [0.15, 0.2) is 138 Å². The molecule has 210 valence electrons. The smallest absolute Gasteiger partial charge is 0.227 e. The third-order valence-electron chi connectivity index (χ3n) is 9.20. The summed E-state index contributed by atoms with van der Waals surface area (Å²) in [5.74, 6) is 0.640. The Morgan fingerprint density at radius 3 is 2.11 bits per heavy atom. The van der Waals surface area contributed by atoms with Crippen molar-refractivity contribution in [2.45, 2.75) is 19.3 Å². The Morgan fingerprint density at radius 2 is 1.27 bits per heavy atom. The molecule has 0 fully saturated rings. The second-order valence-electron chi connectivity index (χ2n) is 12.2. The molecule has 44 heavy (non-hydrogen) atoms. The van der Waals surface area contributed by atoms with Gasteiger partial charge in [-0.2, -0.15) is 0 Å². The molecule has 8 aromatic rings. The van der Waals surface area contributed by atoms with Crippen molar-refractivity contribution in [3.8, 4) is 22.6 Å². The van der Waals surface area contributed by atoms with E-state index in [2.05, 4.69) is 127 Å². The van der Waals surface area contributed by atoms with Gasteiger partial charge >= 0.3 is 0 Å². The van der Waals surface area contributed by atoms with Crippen LogP contribution in [0.2, 0.25) is 0 Å². The normalized spacial score (nSPS) is 13.8. The Hall–Kier alpha value is -5.61. The summed E-state index contributed by atoms with van der Waals surface area (Å²) < 4.78 is 6.23. The van der Waals surface area contributed by atoms with Gasteiger partial charge in [-0.1, -0.05) is 80.6 Å². The molecule has 0 bridgehead atoms. The number of rotatable bonds is 3. The van der Waals surface area contributed by atoms with E-state index in [1.54, 1.807) is 0 Å². The van der Waals surface area contributed by atoms with E-state index < -0.39 is 0 Å². The molecule has 4 heteroatoms. The first kappa shape index (κ1) is 24.9. The highest BCUT2D eigenvalue weighted by Gasteiger charge is 2.36. The molecule has 0 saturated carbocycles. The molecule has 2 aromatic heterocycles. The number of aromatic nitrogens is 2. The zero-order chi connectivity index (χ0) is 29.4. The topological polar surface area (TPSA) is 45.1 Å². The number of H-pyrrole nitrogens is 1. The molecule has 1 aliphatic heterocycles. The summed E-state index contributed by atoms with van der Waals surface area (Å²) >= 11 is 0. The van der Waals surface area contributed by atoms with Crippen LogP contribution >= 0.6 is 0 Å². The summed E-state index contributed by atoms with van der Waals surface area (Å²) in [6.07, 6.45) is 0. The molecule has 6 aromatic carbocycles. The van der Waals surface area contributed by atoms with Gasteiger partial charge in [-0.25, -0.2) is 4.98 Å². The van der Waals surface area contributed by atoms with Crippen molar-refractivity contribution < 1.29 is 4.42 Å². The van der Waals surface area contributed by atoms with Gasteiger partial charge in [0, 0.05) is 38.5 Å². The minimum absolute atomic E-state index is 0.160. The van der Waals surface area contributed by atoms with E-state index in [1.165, 1.54) is 44.7 Å². The predicted octanol–water partition coefficient (Wildman–Crippen LogP) is 10.9. The molecular formula is C40H29N3O. The number of nitrogens with one attached hydrogen (secondary N) is 1. The fourth-order valence-corrected chi connectivity index (χ4v) is 6.94. The average Bonchev–Trinajstić information content (AvgIpc) is 3.65. The standard InChI is InChI=1S/C40H29N3O/c1-40(2)31-15-9-10-16-36(31)43(28-13-7-4-8-14-28)37-20-18-27(22-32(37)40)26-17-19-33-29(21-26)30-23-38-35(24-34(30)41-33)42-39(44-38)25-11-5-3-6-12-25/h3-24,41H,1-2H3. The van der Waals surface area contributed by atoms with Crippen LogP contribution in [0.3, 0.4) is 0 Å². The van der Waals surface area contributed by atoms with Crippen LogP contribution in [0.5, 0.6) is 0 Å². The van der Waals surface area contributed by atoms with Crippen LogP contribution in [-0.2, 0) is 5.41 Å². The first-order valence-corrected chi connectivity index (χ1v) is 15.1. The number of aromatic amines is 1. The van der Waals surface area contributed by atoms with Gasteiger partial charge in [0.05, 0.1) is 11.4 Å². The number of fused-ring (bicyclic) bond motifs is 6. The third kappa shape index (κ3) is 3.67. The van der Waals surface area contributed by atoms with Gasteiger partial charge in [0.1, 0.15) is 5.52 Å². The van der Waals surface area contributed by atoms with Gasteiger partial charge in [-0.05, 0) is 89.0 Å². The molecule has 4 nitrogen and oxygen atoms in total. The van der Waals surface area contributed by atoms with Crippen LogP contribution in [0, 0.1) is 0 Å². The minimum Gasteiger partial charge on any atom is -0.436 e. The maximum Gasteiger partial charge on any atom is 0.227 e. The number of benzene rings is 6. The molecule has 0 aliphatic carbocycles. The fourth-order valence-electron chi connectivity index (χ4n) is 6.94. The summed E-state index contributed by atoms with van der Waals surface area (Å²) in [6.45, 7) is 4.68. The van der Waals surface area contributed by atoms with Crippen LogP contribution in [0.1, 0.15) is 25.0 Å². The van der Waals surface area contributed by atoms with Crippen LogP contribution in [-0.4, -0.2) is 9.97 Å². The van der Waals surface area contributed by atoms with E-state index in [0.29, 0.717) is 5.89 Å². The Kier molecular flexibility index (Phi) is 5.21. The number of oxazole rings is 1. The maximum atomic E-state index is 6.23. The number of nitrogens with zero attached hydrogens (tertiary/aromatic N) is 2. The second-order valence-corrected chi connectivity index (χ2v) is 12.2. The van der Waals surface area contributed by atoms with Gasteiger partial charge in [0.25, 0.3) is 0 Å². The quantitative estimate of drug-likeness (QED) is 0.231. The molecule has 3 heterocycles. The maximum absolute atomic E-state index is 6.23. The molecule has 0 atom stereocenters. The number of anilines is 3. The van der Waals surface area contributed by atoms with Gasteiger partial charge in [-0.3, -0.25) is 0 Å². The SMILES string of the molecule is CC1(C)c2ccccc2N(c2ccccc2)c2ccc(-c3ccc4[nH]c5cc6nc(-c7ccccc7)oc6cc5c4c3)cc21. The van der Waals surface area contributed by atoms with E-state index in [-0.39, 0.29) is 5.41 Å². The summed E-state index contributed by atoms with van der Waals surface area (Å²) in [5, 5.41) is 2.30. The van der Waals surface area contributed by atoms with Crippen molar-refractivity contribution in [1.82, 2.24) is 9.97 Å². The molecular weight excluding hydrogens is 538 g/mol. The van der Waals surface area contributed by atoms with Gasteiger partial charge < -0.3 is 14.3 Å². The molecule has 1 N–H and O–H groups in total. The zero-order valence-corrected chi connectivity index (χ0v) is 24.5. The monoisotopic (exact) mass is 567 g/mol. The summed E-state index contributed by atoms with van der Waals surface area (Å²) in [6, 6.07) is 47.4. The van der Waals surface area contributed by atoms with Crippen molar-refractivity contribution in [2.24, 2.45) is 0 Å². The summed E-state index contributed by atoms with van der Waals surface area (Å²) in [5.41, 5.74) is 13.3. The Balaban J connectivity index is 1.18.